The van der Waals surface area contributed by atoms with Crippen molar-refractivity contribution in [1.82, 2.24) is 59.7 Å². The molecule has 2 atom stereocenters. The van der Waals surface area contributed by atoms with Crippen molar-refractivity contribution in [3.63, 3.8) is 0 Å². The number of amides is 3. The number of aromatic amines is 2. The smallest absolute Gasteiger partial charge is 0.431 e. The molecule has 10 heterocycles. The number of aromatic nitrogens is 6. The third kappa shape index (κ3) is 20.3. The first-order valence-electron chi connectivity index (χ1n) is 31.0. The lowest BCUT2D eigenvalue weighted by Gasteiger charge is -2.32. The van der Waals surface area contributed by atoms with Crippen LogP contribution in [0.5, 0.6) is 0 Å². The molecule has 0 unspecified atom stereocenters. The number of morpholine rings is 2. The second-order valence-electron chi connectivity index (χ2n) is 23.2. The minimum atomic E-state index is -0.967. The van der Waals surface area contributed by atoms with Crippen molar-refractivity contribution in [2.45, 2.75) is 70.6 Å². The lowest BCUT2D eigenvalue weighted by Crippen LogP contribution is -2.44. The van der Waals surface area contributed by atoms with Crippen molar-refractivity contribution in [3.05, 3.63) is 108 Å². The fourth-order valence-electron chi connectivity index (χ4n) is 11.8. The van der Waals surface area contributed by atoms with Crippen molar-refractivity contribution >= 4 is 127 Å². The number of hydrogen-bond acceptors (Lipinski definition) is 18. The Bertz CT molecular complexity index is 3440. The number of fused-ring (bicyclic) bond motifs is 2. The topological polar surface area (TPSA) is 258 Å². The van der Waals surface area contributed by atoms with Gasteiger partial charge in [0.25, 0.3) is 0 Å². The minimum Gasteiger partial charge on any atom is -0.431 e. The molecule has 498 valence electrons. The Balaban J connectivity index is 0.000000207. The number of ether oxygens (including phenoxy) is 4. The first-order valence-corrected chi connectivity index (χ1v) is 31.7. The molecule has 4 aromatic heterocycles. The average molecular weight is 1360 g/mol. The van der Waals surface area contributed by atoms with Gasteiger partial charge in [0.15, 0.2) is 0 Å². The van der Waals surface area contributed by atoms with Crippen molar-refractivity contribution in [3.8, 4) is 22.5 Å². The summed E-state index contributed by atoms with van der Waals surface area (Å²) in [7, 11) is 0. The zero-order chi connectivity index (χ0) is 62.1. The predicted octanol–water partition coefficient (Wildman–Crippen LogP) is 8.01. The molecule has 2 aromatic carbocycles. The SMILES string of the molecule is CC(C)OC(=O)OC(=O)/C=C/CN1CCOCC1.O=C(/C=C/CN1CCOCC1)N1CCC(C(=O)N2CC[C@H](Nc3ncc(Cl)c(-c4c[nH]c5ccccc45)n3)C2)CC1.O=C(C1CCNCC1)N1CC[C@H](Nc2ncc(Cl)c(-c3c[nH]c4ccccc34)n2)C1.S.S.S. The summed E-state index contributed by atoms with van der Waals surface area (Å²) in [5.74, 6) is 0.945. The Morgan fingerprint density at radius 3 is 1.53 bits per heavy atom. The van der Waals surface area contributed by atoms with Crippen molar-refractivity contribution in [2.75, 3.05) is 129 Å². The van der Waals surface area contributed by atoms with Crippen molar-refractivity contribution in [1.29, 1.82) is 0 Å². The Kier molecular flexibility index (Phi) is 28.8. The van der Waals surface area contributed by atoms with Crippen LogP contribution >= 0.6 is 63.7 Å². The molecule has 92 heavy (non-hydrogen) atoms. The number of H-pyrrole nitrogens is 2. The second kappa shape index (κ2) is 36.3. The van der Waals surface area contributed by atoms with Crippen LogP contribution in [0.3, 0.4) is 0 Å². The van der Waals surface area contributed by atoms with Gasteiger partial charge in [0.05, 0.1) is 66.4 Å². The summed E-state index contributed by atoms with van der Waals surface area (Å²) in [6.45, 7) is 17.0. The lowest BCUT2D eigenvalue weighted by atomic mass is 9.95. The number of nitrogens with zero attached hydrogens (tertiary/aromatic N) is 9. The number of piperidine rings is 2. The van der Waals surface area contributed by atoms with Crippen LogP contribution in [0.4, 0.5) is 16.7 Å². The second-order valence-corrected chi connectivity index (χ2v) is 24.0. The van der Waals surface area contributed by atoms with E-state index in [9.17, 15) is 24.0 Å². The Labute approximate surface area is 567 Å². The standard InChI is InChI=1S/C30H36ClN7O3.C22H25ClN6O.C12H19NO5.3H2S/c31-25-19-33-30(35-28(25)24-18-32-26-5-2-1-4-23(24)26)34-22-9-13-38(20-22)29(40)21-7-11-37(12-8-21)27(39)6-3-10-36-14-16-41-17-15-36;23-18-12-26-22(28-20(18)17-11-25-19-4-2-1-3-16(17)19)27-15-7-10-29(13-15)21(30)14-5-8-24-9-6-14;1-10(2)17-12(15)18-11(14)4-3-5-13-6-8-16-9-7-13;;;/h1-6,18-19,21-22,32H,7-17,20H2,(H,33,34,35);1-4,11-12,14-15,24-25H,5-10,13H2,(H,26,27,28);3-4,10H,5-9H2,1-2H3;3*1H2/b6-3+;;4-3+;;;/t22-;15-;;;;/m00..../s1. The maximum atomic E-state index is 13.3. The van der Waals surface area contributed by atoms with E-state index < -0.39 is 12.1 Å². The van der Waals surface area contributed by atoms with Gasteiger partial charge >= 0.3 is 12.1 Å². The maximum Gasteiger partial charge on any atom is 0.516 e. The van der Waals surface area contributed by atoms with Crippen LogP contribution in [0.1, 0.15) is 52.4 Å². The third-order valence-corrected chi connectivity index (χ3v) is 17.2. The lowest BCUT2D eigenvalue weighted by molar-refractivity contribution is -0.138. The van der Waals surface area contributed by atoms with E-state index in [1.54, 1.807) is 38.4 Å². The summed E-state index contributed by atoms with van der Waals surface area (Å²) in [6.07, 6.45) is 17.3. The zero-order valence-corrected chi connectivity index (χ0v) is 56.6. The predicted molar refractivity (Wildman–Crippen MR) is 372 cm³/mol. The van der Waals surface area contributed by atoms with Gasteiger partial charge in [0, 0.05) is 160 Å². The maximum absolute atomic E-state index is 13.3. The van der Waals surface area contributed by atoms with E-state index in [1.165, 1.54) is 6.08 Å². The monoisotopic (exact) mass is 1360 g/mol. The van der Waals surface area contributed by atoms with Gasteiger partial charge < -0.3 is 59.6 Å². The Morgan fingerprint density at radius 2 is 1.05 bits per heavy atom. The molecular formula is C64H86Cl2N14O9S3. The normalized spacial score (nSPS) is 19.1. The van der Waals surface area contributed by atoms with Gasteiger partial charge in [0.1, 0.15) is 0 Å². The van der Waals surface area contributed by atoms with E-state index in [2.05, 4.69) is 55.2 Å². The largest absolute Gasteiger partial charge is 0.516 e. The van der Waals surface area contributed by atoms with Crippen LogP contribution in [-0.4, -0.2) is 220 Å². The summed E-state index contributed by atoms with van der Waals surface area (Å²) < 4.78 is 19.7. The summed E-state index contributed by atoms with van der Waals surface area (Å²) in [4.78, 5) is 95.9. The van der Waals surface area contributed by atoms with Gasteiger partial charge in [0.2, 0.25) is 29.6 Å². The van der Waals surface area contributed by atoms with Gasteiger partial charge in [-0.15, -0.1) is 0 Å². The van der Waals surface area contributed by atoms with Crippen LogP contribution in [0, 0.1) is 11.8 Å². The number of nitrogens with one attached hydrogen (secondary N) is 5. The number of benzene rings is 2. The molecule has 12 rings (SSSR count). The fraction of sp³-hybridized carbons (Fsp3) is 0.484. The molecule has 6 fully saturated rings. The highest BCUT2D eigenvalue weighted by Crippen LogP contribution is 2.35. The molecule has 0 radical (unpaired) electrons. The van der Waals surface area contributed by atoms with Gasteiger partial charge in [-0.2, -0.15) is 40.5 Å². The highest BCUT2D eigenvalue weighted by atomic mass is 35.5. The van der Waals surface area contributed by atoms with Gasteiger partial charge in [-0.3, -0.25) is 24.2 Å². The summed E-state index contributed by atoms with van der Waals surface area (Å²) in [6, 6.07) is 16.3. The number of halogens is 2. The average Bonchev–Trinajstić information content (AvgIpc) is 1.72. The summed E-state index contributed by atoms with van der Waals surface area (Å²) in [5, 5.41) is 13.3. The van der Waals surface area contributed by atoms with Crippen LogP contribution in [0.25, 0.3) is 44.3 Å². The molecule has 3 amide bonds. The quantitative estimate of drug-likeness (QED) is 0.0370. The van der Waals surface area contributed by atoms with E-state index in [-0.39, 0.29) is 88.2 Å². The molecule has 0 spiro atoms. The number of rotatable bonds is 15. The Morgan fingerprint density at radius 1 is 0.609 bits per heavy atom. The van der Waals surface area contributed by atoms with E-state index in [0.717, 1.165) is 124 Å². The number of para-hydroxylation sites is 2. The number of anilines is 2. The van der Waals surface area contributed by atoms with Crippen molar-refractivity contribution in [2.24, 2.45) is 11.8 Å². The van der Waals surface area contributed by atoms with Crippen LogP contribution in [-0.2, 0) is 38.1 Å². The molecule has 0 bridgehead atoms. The number of likely N-dealkylation sites (tertiary alicyclic amines) is 3. The molecule has 6 saturated heterocycles. The molecule has 6 aromatic rings. The summed E-state index contributed by atoms with van der Waals surface area (Å²) >= 11 is 12.9. The van der Waals surface area contributed by atoms with E-state index >= 15 is 0 Å². The molecule has 28 heteroatoms. The number of hydrogen-bond donors (Lipinski definition) is 5. The van der Waals surface area contributed by atoms with Gasteiger partial charge in [-0.1, -0.05) is 71.8 Å². The first-order chi connectivity index (χ1) is 43.3. The van der Waals surface area contributed by atoms with Crippen LogP contribution in [0.15, 0.2) is 97.6 Å². The van der Waals surface area contributed by atoms with Crippen LogP contribution in [0.2, 0.25) is 10.0 Å². The van der Waals surface area contributed by atoms with Gasteiger partial charge in [-0.05, 0) is 77.6 Å². The number of carbonyl (C=O) groups is 5. The molecule has 23 nitrogen and oxygen atoms in total. The minimum absolute atomic E-state index is 0. The number of esters is 1. The number of carbonyl (C=O) groups excluding carboxylic acids is 5. The third-order valence-electron chi connectivity index (χ3n) is 16.7. The zero-order valence-electron chi connectivity index (χ0n) is 52.1. The van der Waals surface area contributed by atoms with E-state index in [1.807, 2.05) is 81.7 Å². The van der Waals surface area contributed by atoms with E-state index in [0.29, 0.717) is 98.7 Å². The highest BCUT2D eigenvalue weighted by Gasteiger charge is 2.35. The molecule has 5 N–H and O–H groups in total. The van der Waals surface area contributed by atoms with Crippen LogP contribution < -0.4 is 16.0 Å². The fourth-order valence-corrected chi connectivity index (χ4v) is 12.2. The Hall–Kier alpha value is -6.46. The van der Waals surface area contributed by atoms with E-state index in [4.69, 9.17) is 42.6 Å². The summed E-state index contributed by atoms with van der Waals surface area (Å²) in [5.41, 5.74) is 5.32. The van der Waals surface area contributed by atoms with Gasteiger partial charge in [-0.25, -0.2) is 29.5 Å². The molecule has 6 aliphatic heterocycles. The highest BCUT2D eigenvalue weighted by molar-refractivity contribution is 7.59. The first kappa shape index (κ1) is 73.0. The molecular weight excluding hydrogens is 1280 g/mol. The molecule has 0 saturated carbocycles. The van der Waals surface area contributed by atoms with Crippen molar-refractivity contribution < 1.29 is 42.9 Å². The molecule has 6 aliphatic rings. The molecule has 0 aliphatic carbocycles.